The minimum absolute atomic E-state index is 0.222. The molecule has 7 heteroatoms. The lowest BCUT2D eigenvalue weighted by atomic mass is 10.0. The quantitative estimate of drug-likeness (QED) is 0.687. The molecule has 1 aliphatic rings. The average molecular weight is 304 g/mol. The Morgan fingerprint density at radius 3 is 3.00 bits per heavy atom. The zero-order chi connectivity index (χ0) is 14.4. The van der Waals surface area contributed by atoms with Crippen molar-refractivity contribution in [2.24, 2.45) is 5.92 Å². The van der Waals surface area contributed by atoms with E-state index in [9.17, 15) is 0 Å². The lowest BCUT2D eigenvalue weighted by Gasteiger charge is -2.27. The summed E-state index contributed by atoms with van der Waals surface area (Å²) in [5.41, 5.74) is 7.85. The maximum absolute atomic E-state index is 6.05. The first-order valence-electron chi connectivity index (χ1n) is 6.80. The van der Waals surface area contributed by atoms with E-state index in [0.29, 0.717) is 27.9 Å². The molecule has 1 aliphatic heterocycles. The van der Waals surface area contributed by atoms with Crippen LogP contribution in [0.15, 0.2) is 22.6 Å². The number of fused-ring (bicyclic) bond motifs is 3. The lowest BCUT2D eigenvalue weighted by molar-refractivity contribution is 0.365. The molecule has 0 atom stereocenters. The molecule has 21 heavy (non-hydrogen) atoms. The van der Waals surface area contributed by atoms with E-state index in [1.54, 1.807) is 6.07 Å². The number of aromatic nitrogens is 2. The maximum Gasteiger partial charge on any atom is 0.222 e. The highest BCUT2D eigenvalue weighted by Crippen LogP contribution is 2.33. The van der Waals surface area contributed by atoms with E-state index in [1.807, 2.05) is 12.1 Å². The predicted octanol–water partition coefficient (Wildman–Crippen LogP) is 2.24. The third kappa shape index (κ3) is 2.16. The smallest absolute Gasteiger partial charge is 0.222 e. The van der Waals surface area contributed by atoms with Gasteiger partial charge in [0.15, 0.2) is 11.4 Å². The van der Waals surface area contributed by atoms with Crippen LogP contribution >= 0.6 is 11.6 Å². The molecule has 0 saturated carbocycles. The van der Waals surface area contributed by atoms with E-state index in [0.717, 1.165) is 30.6 Å². The second kappa shape index (κ2) is 4.75. The van der Waals surface area contributed by atoms with Crippen LogP contribution in [-0.4, -0.2) is 29.6 Å². The summed E-state index contributed by atoms with van der Waals surface area (Å²) in [7, 11) is 0. The summed E-state index contributed by atoms with van der Waals surface area (Å²) in [4.78, 5) is 8.55. The van der Waals surface area contributed by atoms with Gasteiger partial charge < -0.3 is 20.8 Å². The summed E-state index contributed by atoms with van der Waals surface area (Å²) in [5.74, 6) is 1.46. The van der Waals surface area contributed by atoms with Gasteiger partial charge in [0, 0.05) is 36.0 Å². The Bertz CT molecular complexity index is 827. The summed E-state index contributed by atoms with van der Waals surface area (Å²) < 4.78 is 5.86. The van der Waals surface area contributed by atoms with E-state index in [1.165, 1.54) is 0 Å². The normalized spacial score (nSPS) is 15.5. The number of anilines is 2. The van der Waals surface area contributed by atoms with Crippen LogP contribution in [0.25, 0.3) is 22.1 Å². The largest absolute Gasteiger partial charge is 0.450 e. The molecule has 6 nitrogen and oxygen atoms in total. The molecule has 3 heterocycles. The minimum atomic E-state index is 0.222. The molecule has 1 fully saturated rings. The maximum atomic E-state index is 6.05. The molecule has 0 bridgehead atoms. The molecule has 0 unspecified atom stereocenters. The second-order valence-corrected chi connectivity index (χ2v) is 5.69. The highest BCUT2D eigenvalue weighted by atomic mass is 35.5. The first-order valence-corrected chi connectivity index (χ1v) is 7.18. The van der Waals surface area contributed by atoms with Gasteiger partial charge in [0.1, 0.15) is 11.1 Å². The monoisotopic (exact) mass is 303 g/mol. The van der Waals surface area contributed by atoms with Gasteiger partial charge >= 0.3 is 0 Å². The molecular weight excluding hydrogens is 290 g/mol. The Labute approximate surface area is 125 Å². The van der Waals surface area contributed by atoms with Crippen molar-refractivity contribution in [1.82, 2.24) is 15.3 Å². The molecule has 2 aromatic heterocycles. The summed E-state index contributed by atoms with van der Waals surface area (Å²) in [6.07, 6.45) is 0. The number of rotatable bonds is 3. The van der Waals surface area contributed by atoms with Crippen LogP contribution in [0.4, 0.5) is 11.8 Å². The van der Waals surface area contributed by atoms with Crippen molar-refractivity contribution in [1.29, 1.82) is 0 Å². The number of benzene rings is 1. The number of hydrogen-bond acceptors (Lipinski definition) is 6. The fourth-order valence-corrected chi connectivity index (χ4v) is 2.66. The van der Waals surface area contributed by atoms with Crippen LogP contribution in [0, 0.1) is 5.92 Å². The van der Waals surface area contributed by atoms with Gasteiger partial charge in [-0.15, -0.1) is 0 Å². The van der Waals surface area contributed by atoms with E-state index in [2.05, 4.69) is 20.6 Å². The van der Waals surface area contributed by atoms with Crippen LogP contribution in [0.2, 0.25) is 5.02 Å². The summed E-state index contributed by atoms with van der Waals surface area (Å²) in [5, 5.41) is 8.03. The number of halogens is 1. The fraction of sp³-hybridized carbons (Fsp3) is 0.286. The van der Waals surface area contributed by atoms with Crippen LogP contribution in [0.5, 0.6) is 0 Å². The third-order valence-electron chi connectivity index (χ3n) is 3.72. The Hall–Kier alpha value is -2.05. The van der Waals surface area contributed by atoms with Gasteiger partial charge in [0.2, 0.25) is 5.95 Å². The molecular formula is C14H14ClN5O. The Balaban J connectivity index is 1.83. The van der Waals surface area contributed by atoms with Gasteiger partial charge in [-0.25, -0.2) is 4.98 Å². The second-order valence-electron chi connectivity index (χ2n) is 5.26. The van der Waals surface area contributed by atoms with Gasteiger partial charge in [-0.2, -0.15) is 4.98 Å². The SMILES string of the molecule is Nc1nc(NCC2CNC2)c2oc3ccc(Cl)cc3c2n1. The minimum Gasteiger partial charge on any atom is -0.450 e. The zero-order valence-corrected chi connectivity index (χ0v) is 11.9. The number of nitrogens with two attached hydrogens (primary N) is 1. The van der Waals surface area contributed by atoms with Crippen molar-refractivity contribution in [3.05, 3.63) is 23.2 Å². The summed E-state index contributed by atoms with van der Waals surface area (Å²) in [6.45, 7) is 2.87. The van der Waals surface area contributed by atoms with Crippen LogP contribution in [-0.2, 0) is 0 Å². The van der Waals surface area contributed by atoms with E-state index >= 15 is 0 Å². The molecule has 3 aromatic rings. The summed E-state index contributed by atoms with van der Waals surface area (Å²) in [6, 6.07) is 5.44. The average Bonchev–Trinajstić information content (AvgIpc) is 2.75. The lowest BCUT2D eigenvalue weighted by Crippen LogP contribution is -2.45. The highest BCUT2D eigenvalue weighted by molar-refractivity contribution is 6.31. The van der Waals surface area contributed by atoms with Crippen molar-refractivity contribution in [3.63, 3.8) is 0 Å². The molecule has 0 radical (unpaired) electrons. The van der Waals surface area contributed by atoms with Crippen molar-refractivity contribution in [3.8, 4) is 0 Å². The van der Waals surface area contributed by atoms with Crippen molar-refractivity contribution in [2.75, 3.05) is 30.7 Å². The van der Waals surface area contributed by atoms with Crippen LogP contribution < -0.4 is 16.4 Å². The molecule has 0 spiro atoms. The molecule has 0 amide bonds. The van der Waals surface area contributed by atoms with Gasteiger partial charge in [-0.3, -0.25) is 0 Å². The zero-order valence-electron chi connectivity index (χ0n) is 11.2. The van der Waals surface area contributed by atoms with Crippen molar-refractivity contribution >= 4 is 45.4 Å². The van der Waals surface area contributed by atoms with Gasteiger partial charge in [-0.05, 0) is 18.2 Å². The Morgan fingerprint density at radius 2 is 2.24 bits per heavy atom. The standard InChI is InChI=1S/C14H14ClN5O/c15-8-1-2-10-9(3-8)11-12(21-10)13(20-14(16)19-11)18-6-7-4-17-5-7/h1-3,7,17H,4-6H2,(H3,16,18,19,20). The molecule has 1 aromatic carbocycles. The predicted molar refractivity (Wildman–Crippen MR) is 83.6 cm³/mol. The molecule has 108 valence electrons. The Kier molecular flexibility index (Phi) is 2.87. The number of nitrogens with one attached hydrogen (secondary N) is 2. The Morgan fingerprint density at radius 1 is 1.38 bits per heavy atom. The number of furan rings is 1. The number of hydrogen-bond donors (Lipinski definition) is 3. The topological polar surface area (TPSA) is 89.0 Å². The molecule has 4 N–H and O–H groups in total. The summed E-state index contributed by atoms with van der Waals surface area (Å²) >= 11 is 6.05. The van der Waals surface area contributed by atoms with Gasteiger partial charge in [-0.1, -0.05) is 11.6 Å². The van der Waals surface area contributed by atoms with Gasteiger partial charge in [0.05, 0.1) is 0 Å². The first-order chi connectivity index (χ1) is 10.2. The van der Waals surface area contributed by atoms with Crippen molar-refractivity contribution < 1.29 is 4.42 Å². The van der Waals surface area contributed by atoms with Crippen LogP contribution in [0.3, 0.4) is 0 Å². The fourth-order valence-electron chi connectivity index (χ4n) is 2.49. The number of nitrogens with zero attached hydrogens (tertiary/aromatic N) is 2. The molecule has 0 aliphatic carbocycles. The molecule has 1 saturated heterocycles. The van der Waals surface area contributed by atoms with E-state index in [4.69, 9.17) is 21.8 Å². The van der Waals surface area contributed by atoms with E-state index < -0.39 is 0 Å². The third-order valence-corrected chi connectivity index (χ3v) is 3.95. The first kappa shape index (κ1) is 12.7. The highest BCUT2D eigenvalue weighted by Gasteiger charge is 2.19. The molecule has 4 rings (SSSR count). The van der Waals surface area contributed by atoms with Crippen LogP contribution in [0.1, 0.15) is 0 Å². The van der Waals surface area contributed by atoms with Crippen molar-refractivity contribution in [2.45, 2.75) is 0 Å². The number of nitrogen functional groups attached to an aromatic ring is 1. The van der Waals surface area contributed by atoms with E-state index in [-0.39, 0.29) is 5.95 Å². The van der Waals surface area contributed by atoms with Gasteiger partial charge in [0.25, 0.3) is 0 Å².